The maximum absolute atomic E-state index is 14.0. The third kappa shape index (κ3) is 9.67. The second-order valence-corrected chi connectivity index (χ2v) is 22.1. The largest absolute Gasteiger partial charge is 0.507 e. The van der Waals surface area contributed by atoms with Crippen LogP contribution < -0.4 is 9.47 Å². The zero-order valence-corrected chi connectivity index (χ0v) is 35.5. The molecule has 0 unspecified atom stereocenters. The molecule has 4 aromatic rings. The highest BCUT2D eigenvalue weighted by atomic mass is 32.2. The van der Waals surface area contributed by atoms with Crippen molar-refractivity contribution in [2.45, 2.75) is 145 Å². The summed E-state index contributed by atoms with van der Waals surface area (Å²) in [4.78, 5) is 16.2. The Balaban J connectivity index is 1.72. The van der Waals surface area contributed by atoms with Crippen LogP contribution in [0, 0.1) is 0 Å². The summed E-state index contributed by atoms with van der Waals surface area (Å²) in [5, 5.41) is 13.4. The summed E-state index contributed by atoms with van der Waals surface area (Å²) in [6.07, 6.45) is 0. The lowest BCUT2D eigenvalue weighted by Gasteiger charge is -2.32. The smallest absolute Gasteiger partial charge is 0.318 e. The van der Waals surface area contributed by atoms with Gasteiger partial charge >= 0.3 is 5.97 Å². The highest BCUT2D eigenvalue weighted by Gasteiger charge is 2.33. The van der Waals surface area contributed by atoms with Crippen molar-refractivity contribution in [1.29, 1.82) is 0 Å². The number of rotatable bonds is 8. The highest BCUT2D eigenvalue weighted by molar-refractivity contribution is 8.18. The number of ether oxygens (including phenoxy) is 2. The molecule has 4 nitrogen and oxygen atoms in total. The first-order valence-corrected chi connectivity index (χ1v) is 19.6. The van der Waals surface area contributed by atoms with Crippen LogP contribution in [-0.2, 0) is 26.5 Å². The molecule has 0 saturated heterocycles. The number of phenolic OH excluding ortho intramolecular Hbond substituents is 1. The van der Waals surface area contributed by atoms with Crippen LogP contribution >= 0.6 is 23.5 Å². The first kappa shape index (κ1) is 40.7. The van der Waals surface area contributed by atoms with E-state index in [9.17, 15) is 9.90 Å². The number of thioether (sulfide) groups is 2. The highest BCUT2D eigenvalue weighted by Crippen LogP contribution is 2.51. The van der Waals surface area contributed by atoms with Gasteiger partial charge in [0.15, 0.2) is 0 Å². The molecule has 1 N–H and O–H groups in total. The van der Waals surface area contributed by atoms with Gasteiger partial charge in [-0.15, -0.1) is 23.5 Å². The van der Waals surface area contributed by atoms with Crippen LogP contribution in [-0.4, -0.2) is 22.3 Å². The fraction of sp³-hybridized carbons (Fsp3) is 0.489. The van der Waals surface area contributed by atoms with Gasteiger partial charge in [-0.05, 0) is 95.2 Å². The summed E-state index contributed by atoms with van der Waals surface area (Å²) in [6, 6.07) is 20.8. The predicted molar refractivity (Wildman–Crippen MR) is 220 cm³/mol. The number of carbonyl (C=O) groups excluding carboxylic acids is 1. The SMILES string of the molecule is COc1ccc2cc([C@H](C)C(=O)Oc3c(C(C)(C)C)cc(SC(C)(C)Sc4cc(C(C)(C)C)c(O)c(C(C)(C)C)c4)cc3C(C)(C)C)ccc2c1. The topological polar surface area (TPSA) is 55.8 Å². The summed E-state index contributed by atoms with van der Waals surface area (Å²) < 4.78 is 11.6. The van der Waals surface area contributed by atoms with Gasteiger partial charge in [-0.25, -0.2) is 0 Å². The minimum atomic E-state index is -0.456. The van der Waals surface area contributed by atoms with Gasteiger partial charge in [-0.3, -0.25) is 4.79 Å². The van der Waals surface area contributed by atoms with Crippen molar-refractivity contribution in [3.8, 4) is 17.2 Å². The lowest BCUT2D eigenvalue weighted by Crippen LogP contribution is -2.24. The molecule has 6 heteroatoms. The molecular weight excluding hydrogens is 669 g/mol. The van der Waals surface area contributed by atoms with Crippen molar-refractivity contribution in [3.63, 3.8) is 0 Å². The average Bonchev–Trinajstić information content (AvgIpc) is 2.98. The van der Waals surface area contributed by atoms with Gasteiger partial charge in [-0.2, -0.15) is 0 Å². The molecule has 4 aromatic carbocycles. The van der Waals surface area contributed by atoms with Crippen LogP contribution in [0.4, 0.5) is 0 Å². The fourth-order valence-corrected chi connectivity index (χ4v) is 8.83. The number of carbonyl (C=O) groups is 1. The molecule has 0 aliphatic heterocycles. The Labute approximate surface area is 316 Å². The maximum atomic E-state index is 14.0. The molecule has 0 aromatic heterocycles. The van der Waals surface area contributed by atoms with Crippen LogP contribution in [0.1, 0.15) is 138 Å². The van der Waals surface area contributed by atoms with E-state index in [0.717, 1.165) is 54.1 Å². The Morgan fingerprint density at radius 2 is 1.02 bits per heavy atom. The van der Waals surface area contributed by atoms with Crippen LogP contribution in [0.3, 0.4) is 0 Å². The first-order valence-electron chi connectivity index (χ1n) is 18.0. The molecule has 51 heavy (non-hydrogen) atoms. The first-order chi connectivity index (χ1) is 23.2. The number of fused-ring (bicyclic) bond motifs is 1. The monoisotopic (exact) mass is 728 g/mol. The van der Waals surface area contributed by atoms with Gasteiger partial charge in [0.2, 0.25) is 0 Å². The van der Waals surface area contributed by atoms with Crippen molar-refractivity contribution < 1.29 is 19.4 Å². The van der Waals surface area contributed by atoms with Crippen LogP contribution in [0.5, 0.6) is 17.2 Å². The quantitative estimate of drug-likeness (QED) is 0.0844. The minimum absolute atomic E-state index is 0.200. The third-order valence-electron chi connectivity index (χ3n) is 9.23. The Kier molecular flexibility index (Phi) is 11.5. The Bertz CT molecular complexity index is 1840. The Hall–Kier alpha value is -3.09. The zero-order valence-electron chi connectivity index (χ0n) is 33.8. The summed E-state index contributed by atoms with van der Waals surface area (Å²) in [5.41, 5.74) is 3.90. The van der Waals surface area contributed by atoms with E-state index in [-0.39, 0.29) is 31.7 Å². The van der Waals surface area contributed by atoms with Gasteiger partial charge in [0.1, 0.15) is 17.2 Å². The summed E-state index contributed by atoms with van der Waals surface area (Å²) >= 11 is 3.63. The van der Waals surface area contributed by atoms with Gasteiger partial charge in [0.05, 0.1) is 17.1 Å². The lowest BCUT2D eigenvalue weighted by molar-refractivity contribution is -0.135. The molecule has 0 saturated carbocycles. The van der Waals surface area contributed by atoms with Crippen molar-refractivity contribution in [3.05, 3.63) is 88.5 Å². The molecule has 0 aliphatic rings. The number of methoxy groups -OCH3 is 1. The molecule has 0 bridgehead atoms. The molecule has 0 radical (unpaired) electrons. The molecule has 0 heterocycles. The molecular formula is C45H60O4S2. The van der Waals surface area contributed by atoms with Crippen molar-refractivity contribution >= 4 is 40.3 Å². The Morgan fingerprint density at radius 3 is 1.45 bits per heavy atom. The molecule has 1 atom stereocenters. The molecule has 0 aliphatic carbocycles. The van der Waals surface area contributed by atoms with Gasteiger partial charge in [0.25, 0.3) is 0 Å². The number of phenols is 1. The van der Waals surface area contributed by atoms with Crippen LogP contribution in [0.2, 0.25) is 0 Å². The van der Waals surface area contributed by atoms with Gasteiger partial charge in [0, 0.05) is 32.0 Å². The average molecular weight is 729 g/mol. The third-order valence-corrected chi connectivity index (χ3v) is 11.7. The minimum Gasteiger partial charge on any atom is -0.507 e. The van der Waals surface area contributed by atoms with E-state index >= 15 is 0 Å². The number of aromatic hydroxyl groups is 1. The summed E-state index contributed by atoms with van der Waals surface area (Å²) in [6.45, 7) is 32.4. The summed E-state index contributed by atoms with van der Waals surface area (Å²) in [5.74, 6) is 1.14. The van der Waals surface area contributed by atoms with E-state index in [2.05, 4.69) is 127 Å². The number of benzene rings is 4. The van der Waals surface area contributed by atoms with Crippen LogP contribution in [0.15, 0.2) is 70.5 Å². The molecule has 0 amide bonds. The van der Waals surface area contributed by atoms with E-state index in [1.807, 2.05) is 60.8 Å². The van der Waals surface area contributed by atoms with E-state index in [1.54, 1.807) is 7.11 Å². The summed E-state index contributed by atoms with van der Waals surface area (Å²) in [7, 11) is 1.67. The predicted octanol–water partition coefficient (Wildman–Crippen LogP) is 13.1. The van der Waals surface area contributed by atoms with E-state index in [1.165, 1.54) is 0 Å². The zero-order chi connectivity index (χ0) is 38.5. The molecule has 276 valence electrons. The number of hydrogen-bond acceptors (Lipinski definition) is 6. The molecule has 0 spiro atoms. The van der Waals surface area contributed by atoms with E-state index in [0.29, 0.717) is 11.5 Å². The lowest BCUT2D eigenvalue weighted by atomic mass is 9.79. The van der Waals surface area contributed by atoms with Crippen molar-refractivity contribution in [2.24, 2.45) is 0 Å². The normalized spacial score (nSPS) is 13.7. The fourth-order valence-electron chi connectivity index (χ4n) is 6.25. The van der Waals surface area contributed by atoms with Crippen LogP contribution in [0.25, 0.3) is 10.8 Å². The van der Waals surface area contributed by atoms with Gasteiger partial charge < -0.3 is 14.6 Å². The van der Waals surface area contributed by atoms with Crippen molar-refractivity contribution in [2.75, 3.05) is 7.11 Å². The Morgan fingerprint density at radius 1 is 0.608 bits per heavy atom. The second-order valence-electron chi connectivity index (χ2n) is 18.4. The standard InChI is InChI=1S/C45H60O4S2/c1-27(28-17-18-30-22-31(48-16)20-19-29(30)21-28)40(47)49-39-36(43(8,9)10)25-33(26-37(39)44(11,12)13)51-45(14,15)50-32-23-34(41(2,3)4)38(46)35(24-32)42(5,6)7/h17-27,46H,1-16H3/t27-/m0/s1. The number of esters is 1. The van der Waals surface area contributed by atoms with Gasteiger partial charge in [-0.1, -0.05) is 107 Å². The van der Waals surface area contributed by atoms with E-state index in [4.69, 9.17) is 9.47 Å². The molecule has 0 fully saturated rings. The second kappa shape index (κ2) is 14.4. The van der Waals surface area contributed by atoms with Crippen molar-refractivity contribution in [1.82, 2.24) is 0 Å². The number of hydrogen-bond donors (Lipinski definition) is 1. The van der Waals surface area contributed by atoms with E-state index < -0.39 is 5.92 Å². The molecule has 4 rings (SSSR count). The maximum Gasteiger partial charge on any atom is 0.318 e.